The molecule has 1 amide bonds. The van der Waals surface area contributed by atoms with E-state index in [1.807, 2.05) is 19.2 Å². The molecule has 1 fully saturated rings. The molecule has 0 aliphatic heterocycles. The first-order chi connectivity index (χ1) is 17.3. The minimum atomic E-state index is -0.705. The van der Waals surface area contributed by atoms with E-state index >= 15 is 0 Å². The van der Waals surface area contributed by atoms with Gasteiger partial charge in [-0.1, -0.05) is 51.2 Å². The highest BCUT2D eigenvalue weighted by molar-refractivity contribution is 5.92. The number of nitrogens with zero attached hydrogens (tertiary/aromatic N) is 3. The highest BCUT2D eigenvalue weighted by Crippen LogP contribution is 2.43. The summed E-state index contributed by atoms with van der Waals surface area (Å²) in [5.74, 6) is -0.924. The molecule has 0 saturated heterocycles. The molecule has 1 aliphatic rings. The van der Waals surface area contributed by atoms with Crippen molar-refractivity contribution in [3.05, 3.63) is 57.3 Å². The molecule has 1 aliphatic carbocycles. The standard InChI is InChI=1S/C29H42N4O3/c1-4-5-6-12-18-31-28(36)26-27(35)25(34)20-33(32-26)21-29(16-10-11-17-29)15-9-7-8-13-24-22(2)14-19-30-23(24)3/h8,13-14,19-20,34H,4-7,9-12,15-18,21H2,1-3H3,(H,31,36)/b13-8-. The van der Waals surface area contributed by atoms with Gasteiger partial charge in [0.05, 0.1) is 6.20 Å². The minimum absolute atomic E-state index is 0.0659. The second-order valence-corrected chi connectivity index (χ2v) is 10.3. The van der Waals surface area contributed by atoms with Gasteiger partial charge in [-0.15, -0.1) is 0 Å². The molecule has 0 atom stereocenters. The van der Waals surface area contributed by atoms with Gasteiger partial charge >= 0.3 is 0 Å². The largest absolute Gasteiger partial charge is 0.503 e. The average molecular weight is 495 g/mol. The van der Waals surface area contributed by atoms with Crippen molar-refractivity contribution < 1.29 is 9.90 Å². The van der Waals surface area contributed by atoms with Gasteiger partial charge in [-0.2, -0.15) is 5.10 Å². The van der Waals surface area contributed by atoms with Crippen molar-refractivity contribution in [2.24, 2.45) is 5.41 Å². The molecule has 3 rings (SSSR count). The Bertz CT molecular complexity index is 1080. The summed E-state index contributed by atoms with van der Waals surface area (Å²) in [6.45, 7) is 7.38. The van der Waals surface area contributed by atoms with Crippen LogP contribution in [0, 0.1) is 19.3 Å². The maximum Gasteiger partial charge on any atom is 0.275 e. The van der Waals surface area contributed by atoms with Crippen molar-refractivity contribution in [3.63, 3.8) is 0 Å². The number of hydrogen-bond donors (Lipinski definition) is 2. The van der Waals surface area contributed by atoms with Gasteiger partial charge in [-0.3, -0.25) is 19.3 Å². The van der Waals surface area contributed by atoms with Crippen LogP contribution in [0.25, 0.3) is 6.08 Å². The number of carbonyl (C=O) groups excluding carboxylic acids is 1. The number of aromatic hydroxyl groups is 1. The zero-order chi connectivity index (χ0) is 26.0. The second-order valence-electron chi connectivity index (χ2n) is 10.3. The van der Waals surface area contributed by atoms with E-state index in [1.54, 1.807) is 4.68 Å². The fourth-order valence-electron chi connectivity index (χ4n) is 5.30. The number of nitrogens with one attached hydrogen (secondary N) is 1. The maximum absolute atomic E-state index is 12.6. The van der Waals surface area contributed by atoms with E-state index in [2.05, 4.69) is 41.4 Å². The Kier molecular flexibility index (Phi) is 10.3. The van der Waals surface area contributed by atoms with Gasteiger partial charge in [0.25, 0.3) is 11.3 Å². The Labute approximate surface area is 215 Å². The summed E-state index contributed by atoms with van der Waals surface area (Å²) in [6, 6.07) is 2.04. The number of rotatable bonds is 13. The summed E-state index contributed by atoms with van der Waals surface area (Å²) in [6.07, 6.45) is 19.3. The van der Waals surface area contributed by atoms with E-state index < -0.39 is 17.1 Å². The van der Waals surface area contributed by atoms with E-state index in [4.69, 9.17) is 0 Å². The molecule has 2 aromatic rings. The van der Waals surface area contributed by atoms with Crippen molar-refractivity contribution in [1.29, 1.82) is 0 Å². The molecule has 0 unspecified atom stereocenters. The molecule has 0 bridgehead atoms. The molecule has 1 saturated carbocycles. The molecule has 2 aromatic heterocycles. The number of aryl methyl sites for hydroxylation is 2. The highest BCUT2D eigenvalue weighted by atomic mass is 16.3. The van der Waals surface area contributed by atoms with Gasteiger partial charge in [0.1, 0.15) is 0 Å². The smallest absolute Gasteiger partial charge is 0.275 e. The third-order valence-corrected chi connectivity index (χ3v) is 7.41. The first-order valence-electron chi connectivity index (χ1n) is 13.5. The number of amides is 1. The third-order valence-electron chi connectivity index (χ3n) is 7.41. The van der Waals surface area contributed by atoms with Gasteiger partial charge in [0.2, 0.25) is 0 Å². The van der Waals surface area contributed by atoms with Crippen molar-refractivity contribution in [3.8, 4) is 5.75 Å². The monoisotopic (exact) mass is 494 g/mol. The zero-order valence-corrected chi connectivity index (χ0v) is 22.2. The number of unbranched alkanes of at least 4 members (excludes halogenated alkanes) is 4. The fraction of sp³-hybridized carbons (Fsp3) is 0.586. The first-order valence-corrected chi connectivity index (χ1v) is 13.5. The zero-order valence-electron chi connectivity index (χ0n) is 22.2. The Morgan fingerprint density at radius 2 is 1.97 bits per heavy atom. The van der Waals surface area contributed by atoms with Crippen LogP contribution < -0.4 is 10.7 Å². The molecule has 2 heterocycles. The SMILES string of the molecule is CCCCCCNC(=O)c1nn(CC2(CCC/C=C\c3c(C)ccnc3C)CCCC2)cc(O)c1=O. The highest BCUT2D eigenvalue weighted by Gasteiger charge is 2.34. The molecule has 2 N–H and O–H groups in total. The van der Waals surface area contributed by atoms with Crippen LogP contribution in [0.1, 0.15) is 105 Å². The van der Waals surface area contributed by atoms with Gasteiger partial charge in [-0.25, -0.2) is 0 Å². The van der Waals surface area contributed by atoms with Crippen molar-refractivity contribution in [1.82, 2.24) is 20.1 Å². The lowest BCUT2D eigenvalue weighted by atomic mass is 9.81. The van der Waals surface area contributed by atoms with E-state index in [1.165, 1.54) is 30.2 Å². The molecule has 0 radical (unpaired) electrons. The third kappa shape index (κ3) is 7.52. The number of hydrogen-bond acceptors (Lipinski definition) is 5. The Morgan fingerprint density at radius 1 is 1.19 bits per heavy atom. The summed E-state index contributed by atoms with van der Waals surface area (Å²) in [7, 11) is 0. The van der Waals surface area contributed by atoms with Crippen LogP contribution in [0.15, 0.2) is 29.3 Å². The quantitative estimate of drug-likeness (QED) is 0.347. The molecular weight excluding hydrogens is 452 g/mol. The normalized spacial score (nSPS) is 15.0. The van der Waals surface area contributed by atoms with Gasteiger partial charge in [0.15, 0.2) is 11.4 Å². The topological polar surface area (TPSA) is 97.1 Å². The van der Waals surface area contributed by atoms with Gasteiger partial charge in [-0.05, 0) is 75.0 Å². The molecule has 196 valence electrons. The number of allylic oxidation sites excluding steroid dienone is 1. The summed E-state index contributed by atoms with van der Waals surface area (Å²) < 4.78 is 1.62. The molecule has 0 spiro atoms. The van der Waals surface area contributed by atoms with Crippen LogP contribution in [0.2, 0.25) is 0 Å². The molecule has 36 heavy (non-hydrogen) atoms. The molecule has 0 aromatic carbocycles. The van der Waals surface area contributed by atoms with Crippen LogP contribution in [0.4, 0.5) is 0 Å². The van der Waals surface area contributed by atoms with Gasteiger partial charge < -0.3 is 10.4 Å². The van der Waals surface area contributed by atoms with Crippen molar-refractivity contribution in [2.45, 2.75) is 97.9 Å². The predicted molar refractivity (Wildman–Crippen MR) is 144 cm³/mol. The Morgan fingerprint density at radius 3 is 2.69 bits per heavy atom. The minimum Gasteiger partial charge on any atom is -0.503 e. The van der Waals surface area contributed by atoms with Crippen LogP contribution in [-0.2, 0) is 6.54 Å². The van der Waals surface area contributed by atoms with E-state index in [9.17, 15) is 14.7 Å². The molecular formula is C29H42N4O3. The summed E-state index contributed by atoms with van der Waals surface area (Å²) in [5.41, 5.74) is 2.61. The summed E-state index contributed by atoms with van der Waals surface area (Å²) in [4.78, 5) is 29.4. The van der Waals surface area contributed by atoms with Gasteiger partial charge in [0, 0.05) is 25.0 Å². The van der Waals surface area contributed by atoms with E-state index in [-0.39, 0.29) is 11.1 Å². The number of carbonyl (C=O) groups is 1. The molecule has 7 heteroatoms. The van der Waals surface area contributed by atoms with Crippen molar-refractivity contribution in [2.75, 3.05) is 6.54 Å². The average Bonchev–Trinajstić information content (AvgIpc) is 3.30. The Balaban J connectivity index is 1.63. The lowest BCUT2D eigenvalue weighted by Gasteiger charge is -2.29. The fourth-order valence-corrected chi connectivity index (χ4v) is 5.30. The van der Waals surface area contributed by atoms with Crippen LogP contribution in [0.3, 0.4) is 0 Å². The van der Waals surface area contributed by atoms with Crippen LogP contribution >= 0.6 is 0 Å². The van der Waals surface area contributed by atoms with Crippen molar-refractivity contribution >= 4 is 12.0 Å². The number of aromatic nitrogens is 3. The second kappa shape index (κ2) is 13.4. The maximum atomic E-state index is 12.6. The lowest BCUT2D eigenvalue weighted by Crippen LogP contribution is -2.33. The summed E-state index contributed by atoms with van der Waals surface area (Å²) >= 11 is 0. The first kappa shape index (κ1) is 27.6. The van der Waals surface area contributed by atoms with E-state index in [0.717, 1.165) is 63.5 Å². The van der Waals surface area contributed by atoms with Crippen LogP contribution in [0.5, 0.6) is 5.75 Å². The Hall–Kier alpha value is -2.96. The summed E-state index contributed by atoms with van der Waals surface area (Å²) in [5, 5.41) is 17.4. The predicted octanol–water partition coefficient (Wildman–Crippen LogP) is 5.71. The number of pyridine rings is 1. The van der Waals surface area contributed by atoms with E-state index in [0.29, 0.717) is 13.1 Å². The van der Waals surface area contributed by atoms with Crippen LogP contribution in [-0.4, -0.2) is 32.3 Å². The lowest BCUT2D eigenvalue weighted by molar-refractivity contribution is 0.0941. The molecule has 7 nitrogen and oxygen atoms in total.